The number of carbonyl (C=O) groups is 2. The van der Waals surface area contributed by atoms with Crippen LogP contribution in [-0.4, -0.2) is 18.5 Å². The Morgan fingerprint density at radius 2 is 1.74 bits per heavy atom. The van der Waals surface area contributed by atoms with Gasteiger partial charge in [-0.05, 0) is 30.0 Å². The maximum atomic E-state index is 12.6. The van der Waals surface area contributed by atoms with E-state index >= 15 is 0 Å². The van der Waals surface area contributed by atoms with Crippen LogP contribution in [0.25, 0.3) is 0 Å². The van der Waals surface area contributed by atoms with Crippen LogP contribution in [0.15, 0.2) is 54.6 Å². The average molecular weight is 309 g/mol. The number of nitrogens with two attached hydrogens (primary N) is 1. The van der Waals surface area contributed by atoms with Crippen LogP contribution in [0.5, 0.6) is 0 Å². The van der Waals surface area contributed by atoms with Crippen LogP contribution < -0.4 is 16.0 Å². The van der Waals surface area contributed by atoms with Gasteiger partial charge in [-0.25, -0.2) is 4.79 Å². The first-order valence-electron chi connectivity index (χ1n) is 7.66. The summed E-state index contributed by atoms with van der Waals surface area (Å²) in [6.07, 6.45) is 1.95. The van der Waals surface area contributed by atoms with Gasteiger partial charge in [-0.2, -0.15) is 0 Å². The molecule has 0 saturated heterocycles. The number of aryl methyl sites for hydroxylation is 1. The van der Waals surface area contributed by atoms with Gasteiger partial charge in [-0.3, -0.25) is 10.1 Å². The molecule has 0 aliphatic carbocycles. The topological polar surface area (TPSA) is 75.4 Å². The van der Waals surface area contributed by atoms with E-state index in [1.165, 1.54) is 5.56 Å². The van der Waals surface area contributed by atoms with E-state index in [2.05, 4.69) is 11.4 Å². The lowest BCUT2D eigenvalue weighted by Crippen LogP contribution is -2.46. The first-order valence-corrected chi connectivity index (χ1v) is 7.66. The van der Waals surface area contributed by atoms with Crippen molar-refractivity contribution in [3.63, 3.8) is 0 Å². The van der Waals surface area contributed by atoms with Crippen molar-refractivity contribution in [2.75, 3.05) is 11.4 Å². The van der Waals surface area contributed by atoms with E-state index in [0.29, 0.717) is 0 Å². The molecule has 0 unspecified atom stereocenters. The summed E-state index contributed by atoms with van der Waals surface area (Å²) in [7, 11) is 0. The number of anilines is 1. The number of benzene rings is 2. The number of nitrogens with zero attached hydrogens (tertiary/aromatic N) is 1. The molecule has 5 nitrogen and oxygen atoms in total. The van der Waals surface area contributed by atoms with E-state index in [1.54, 1.807) is 0 Å². The molecule has 0 aromatic heterocycles. The highest BCUT2D eigenvalue weighted by Gasteiger charge is 2.31. The smallest absolute Gasteiger partial charge is 0.318 e. The van der Waals surface area contributed by atoms with Gasteiger partial charge in [0.2, 0.25) is 0 Å². The molecule has 0 bridgehead atoms. The van der Waals surface area contributed by atoms with Crippen LogP contribution in [0.1, 0.15) is 23.6 Å². The van der Waals surface area contributed by atoms with Crippen LogP contribution in [-0.2, 0) is 11.2 Å². The molecule has 23 heavy (non-hydrogen) atoms. The number of para-hydroxylation sites is 1. The van der Waals surface area contributed by atoms with Crippen molar-refractivity contribution in [3.8, 4) is 0 Å². The van der Waals surface area contributed by atoms with Gasteiger partial charge >= 0.3 is 6.03 Å². The van der Waals surface area contributed by atoms with Crippen LogP contribution in [0.4, 0.5) is 10.5 Å². The molecule has 0 spiro atoms. The third-order valence-corrected chi connectivity index (χ3v) is 4.07. The van der Waals surface area contributed by atoms with Gasteiger partial charge in [-0.15, -0.1) is 0 Å². The second-order valence-electron chi connectivity index (χ2n) is 5.59. The summed E-state index contributed by atoms with van der Waals surface area (Å²) in [5.74, 6) is -0.402. The minimum absolute atomic E-state index is 0.402. The molecule has 0 saturated carbocycles. The van der Waals surface area contributed by atoms with Gasteiger partial charge in [0.15, 0.2) is 0 Å². The molecular formula is C18H19N3O2. The number of rotatable bonds is 3. The van der Waals surface area contributed by atoms with Crippen molar-refractivity contribution in [2.45, 2.75) is 18.9 Å². The van der Waals surface area contributed by atoms with Gasteiger partial charge in [0.05, 0.1) is 0 Å². The molecule has 118 valence electrons. The number of hydrogen-bond donors (Lipinski definition) is 2. The third-order valence-electron chi connectivity index (χ3n) is 4.07. The Balaban J connectivity index is 2.03. The van der Waals surface area contributed by atoms with Gasteiger partial charge in [0, 0.05) is 12.2 Å². The number of imide groups is 1. The van der Waals surface area contributed by atoms with Crippen molar-refractivity contribution >= 4 is 17.6 Å². The Kier molecular flexibility index (Phi) is 4.28. The number of nitrogens with one attached hydrogen (secondary N) is 1. The highest BCUT2D eigenvalue weighted by Crippen LogP contribution is 2.34. The monoisotopic (exact) mass is 309 g/mol. The molecule has 5 heteroatoms. The molecule has 1 aliphatic heterocycles. The Morgan fingerprint density at radius 3 is 2.48 bits per heavy atom. The number of fused-ring (bicyclic) bond motifs is 1. The number of carbonyl (C=O) groups excluding carboxylic acids is 2. The molecular weight excluding hydrogens is 290 g/mol. The Bertz CT molecular complexity index is 715. The van der Waals surface area contributed by atoms with Gasteiger partial charge in [0.25, 0.3) is 5.91 Å². The largest absolute Gasteiger partial charge is 0.356 e. The highest BCUT2D eigenvalue weighted by molar-refractivity contribution is 5.98. The second-order valence-corrected chi connectivity index (χ2v) is 5.59. The fourth-order valence-corrected chi connectivity index (χ4v) is 3.13. The van der Waals surface area contributed by atoms with E-state index in [0.717, 1.165) is 30.6 Å². The summed E-state index contributed by atoms with van der Waals surface area (Å²) in [6.45, 7) is 0.753. The first kappa shape index (κ1) is 15.1. The molecule has 0 radical (unpaired) electrons. The van der Waals surface area contributed by atoms with Crippen molar-refractivity contribution in [2.24, 2.45) is 5.73 Å². The van der Waals surface area contributed by atoms with E-state index in [4.69, 9.17) is 5.73 Å². The van der Waals surface area contributed by atoms with E-state index in [9.17, 15) is 9.59 Å². The predicted molar refractivity (Wildman–Crippen MR) is 89.0 cm³/mol. The molecule has 1 aliphatic rings. The van der Waals surface area contributed by atoms with Gasteiger partial charge in [0.1, 0.15) is 6.04 Å². The lowest BCUT2D eigenvalue weighted by atomic mass is 9.96. The van der Waals surface area contributed by atoms with Crippen molar-refractivity contribution in [3.05, 3.63) is 65.7 Å². The molecule has 2 aromatic carbocycles. The minimum Gasteiger partial charge on any atom is -0.356 e. The summed E-state index contributed by atoms with van der Waals surface area (Å²) in [4.78, 5) is 25.8. The summed E-state index contributed by atoms with van der Waals surface area (Å²) in [5, 5.41) is 2.23. The van der Waals surface area contributed by atoms with Crippen LogP contribution >= 0.6 is 0 Å². The Labute approximate surface area is 135 Å². The van der Waals surface area contributed by atoms with Crippen LogP contribution in [0.2, 0.25) is 0 Å². The van der Waals surface area contributed by atoms with Crippen molar-refractivity contribution in [1.29, 1.82) is 0 Å². The SMILES string of the molecule is NC(=O)NC(=O)[C@@H](c1ccccc1)N1CCCc2ccccc21. The zero-order chi connectivity index (χ0) is 16.2. The second kappa shape index (κ2) is 6.52. The number of amides is 3. The standard InChI is InChI=1S/C18H19N3O2/c19-18(23)20-17(22)16(14-8-2-1-3-9-14)21-12-6-10-13-7-4-5-11-15(13)21/h1-5,7-9,11,16H,6,10,12H2,(H3,19,20,22,23)/t16-/m1/s1. The number of urea groups is 1. The number of hydrogen-bond acceptors (Lipinski definition) is 3. The quantitative estimate of drug-likeness (QED) is 0.914. The molecule has 3 amide bonds. The highest BCUT2D eigenvalue weighted by atomic mass is 16.2. The zero-order valence-corrected chi connectivity index (χ0v) is 12.7. The summed E-state index contributed by atoms with van der Waals surface area (Å²) < 4.78 is 0. The van der Waals surface area contributed by atoms with Crippen LogP contribution in [0, 0.1) is 0 Å². The molecule has 2 aromatic rings. The van der Waals surface area contributed by atoms with Gasteiger partial charge in [-0.1, -0.05) is 48.5 Å². The lowest BCUT2D eigenvalue weighted by molar-refractivity contribution is -0.121. The van der Waals surface area contributed by atoms with Gasteiger partial charge < -0.3 is 10.6 Å². The third kappa shape index (κ3) is 3.18. The molecule has 1 atom stereocenters. The minimum atomic E-state index is -0.832. The van der Waals surface area contributed by atoms with E-state index in [-0.39, 0.29) is 0 Å². The normalized spacial score (nSPS) is 14.7. The average Bonchev–Trinajstić information content (AvgIpc) is 2.56. The summed E-state index contributed by atoms with van der Waals surface area (Å²) in [6, 6.07) is 16.1. The van der Waals surface area contributed by atoms with Crippen LogP contribution in [0.3, 0.4) is 0 Å². The molecule has 1 heterocycles. The van der Waals surface area contributed by atoms with Crippen molar-refractivity contribution in [1.82, 2.24) is 5.32 Å². The zero-order valence-electron chi connectivity index (χ0n) is 12.7. The molecule has 3 N–H and O–H groups in total. The fraction of sp³-hybridized carbons (Fsp3) is 0.222. The van der Waals surface area contributed by atoms with E-state index < -0.39 is 18.0 Å². The predicted octanol–water partition coefficient (Wildman–Crippen LogP) is 2.38. The fourth-order valence-electron chi connectivity index (χ4n) is 3.13. The number of primary amides is 1. The summed E-state index contributed by atoms with van der Waals surface area (Å²) >= 11 is 0. The Hall–Kier alpha value is -2.82. The summed E-state index contributed by atoms with van der Waals surface area (Å²) in [5.41, 5.74) is 8.23. The lowest BCUT2D eigenvalue weighted by Gasteiger charge is -2.37. The maximum Gasteiger partial charge on any atom is 0.318 e. The Morgan fingerprint density at radius 1 is 1.04 bits per heavy atom. The van der Waals surface area contributed by atoms with Crippen molar-refractivity contribution < 1.29 is 9.59 Å². The maximum absolute atomic E-state index is 12.6. The molecule has 0 fully saturated rings. The first-order chi connectivity index (χ1) is 11.2. The molecule has 3 rings (SSSR count). The van der Waals surface area contributed by atoms with E-state index in [1.807, 2.05) is 53.4 Å².